The average Bonchev–Trinajstić information content (AvgIpc) is 2.45. The lowest BCUT2D eigenvalue weighted by atomic mass is 10.2. The standard InChI is InChI=1S/C9H6ClFS2/c10-4-7-8(12)5-2-1-3-6(11)9(5)13-7/h1-3,12H,4H2. The minimum absolute atomic E-state index is 0.200. The van der Waals surface area contributed by atoms with Crippen LogP contribution < -0.4 is 0 Å². The van der Waals surface area contributed by atoms with Gasteiger partial charge in [0, 0.05) is 15.2 Å². The quantitative estimate of drug-likeness (QED) is 0.556. The fourth-order valence-electron chi connectivity index (χ4n) is 1.21. The van der Waals surface area contributed by atoms with Crippen molar-refractivity contribution in [1.82, 2.24) is 0 Å². The molecular weight excluding hydrogens is 227 g/mol. The smallest absolute Gasteiger partial charge is 0.141 e. The van der Waals surface area contributed by atoms with Crippen LogP contribution in [0.2, 0.25) is 0 Å². The summed E-state index contributed by atoms with van der Waals surface area (Å²) in [7, 11) is 0. The Kier molecular flexibility index (Phi) is 2.49. The van der Waals surface area contributed by atoms with Gasteiger partial charge < -0.3 is 0 Å². The summed E-state index contributed by atoms with van der Waals surface area (Å²) in [4.78, 5) is 1.72. The summed E-state index contributed by atoms with van der Waals surface area (Å²) < 4.78 is 13.9. The fourth-order valence-corrected chi connectivity index (χ4v) is 3.03. The van der Waals surface area contributed by atoms with Crippen LogP contribution in [0.1, 0.15) is 4.88 Å². The lowest BCUT2D eigenvalue weighted by molar-refractivity contribution is 0.641. The van der Waals surface area contributed by atoms with E-state index in [9.17, 15) is 4.39 Å². The van der Waals surface area contributed by atoms with Gasteiger partial charge in [-0.15, -0.1) is 35.6 Å². The number of thiol groups is 1. The van der Waals surface area contributed by atoms with Crippen LogP contribution >= 0.6 is 35.6 Å². The van der Waals surface area contributed by atoms with E-state index in [2.05, 4.69) is 12.6 Å². The zero-order chi connectivity index (χ0) is 9.42. The monoisotopic (exact) mass is 232 g/mol. The second kappa shape index (κ2) is 3.48. The molecule has 0 amide bonds. The third kappa shape index (κ3) is 1.45. The summed E-state index contributed by atoms with van der Waals surface area (Å²) in [6, 6.07) is 4.99. The van der Waals surface area contributed by atoms with Crippen LogP contribution in [0.25, 0.3) is 10.1 Å². The minimum Gasteiger partial charge on any atom is -0.205 e. The number of fused-ring (bicyclic) bond motifs is 1. The van der Waals surface area contributed by atoms with Crippen molar-refractivity contribution in [2.75, 3.05) is 0 Å². The third-order valence-electron chi connectivity index (χ3n) is 1.83. The van der Waals surface area contributed by atoms with E-state index in [1.54, 1.807) is 6.07 Å². The van der Waals surface area contributed by atoms with Gasteiger partial charge in [-0.05, 0) is 6.07 Å². The van der Waals surface area contributed by atoms with Crippen molar-refractivity contribution in [1.29, 1.82) is 0 Å². The maximum Gasteiger partial charge on any atom is 0.141 e. The zero-order valence-electron chi connectivity index (χ0n) is 6.55. The lowest BCUT2D eigenvalue weighted by Gasteiger charge is -1.91. The van der Waals surface area contributed by atoms with Gasteiger partial charge in [0.15, 0.2) is 0 Å². The maximum absolute atomic E-state index is 13.2. The summed E-state index contributed by atoms with van der Waals surface area (Å²) in [5.74, 6) is 0.187. The van der Waals surface area contributed by atoms with Crippen molar-refractivity contribution >= 4 is 45.7 Å². The highest BCUT2D eigenvalue weighted by atomic mass is 35.5. The van der Waals surface area contributed by atoms with E-state index in [-0.39, 0.29) is 5.82 Å². The van der Waals surface area contributed by atoms with Crippen molar-refractivity contribution in [3.63, 3.8) is 0 Å². The SMILES string of the molecule is Fc1cccc2c(S)c(CCl)sc12. The molecule has 0 nitrogen and oxygen atoms in total. The Labute approximate surface area is 89.7 Å². The molecule has 0 bridgehead atoms. The molecule has 0 atom stereocenters. The van der Waals surface area contributed by atoms with Gasteiger partial charge in [0.25, 0.3) is 0 Å². The number of alkyl halides is 1. The first kappa shape index (κ1) is 9.31. The molecule has 2 rings (SSSR count). The lowest BCUT2D eigenvalue weighted by Crippen LogP contribution is -1.72. The van der Waals surface area contributed by atoms with Crippen LogP contribution in [0.15, 0.2) is 23.1 Å². The Bertz CT molecular complexity index is 450. The molecule has 1 aromatic carbocycles. The second-order valence-electron chi connectivity index (χ2n) is 2.62. The molecule has 0 N–H and O–H groups in total. The number of hydrogen-bond acceptors (Lipinski definition) is 2. The first-order chi connectivity index (χ1) is 6.24. The summed E-state index contributed by atoms with van der Waals surface area (Å²) >= 11 is 11.4. The number of benzene rings is 1. The first-order valence-electron chi connectivity index (χ1n) is 3.69. The first-order valence-corrected chi connectivity index (χ1v) is 5.48. The molecule has 0 radical (unpaired) electrons. The molecule has 0 unspecified atom stereocenters. The minimum atomic E-state index is -0.200. The van der Waals surface area contributed by atoms with Crippen LogP contribution in [0.5, 0.6) is 0 Å². The summed E-state index contributed by atoms with van der Waals surface area (Å²) in [6.07, 6.45) is 0. The van der Waals surface area contributed by atoms with Gasteiger partial charge in [-0.3, -0.25) is 0 Å². The van der Waals surface area contributed by atoms with Crippen molar-refractivity contribution in [2.45, 2.75) is 10.8 Å². The Hall–Kier alpha value is -0.250. The van der Waals surface area contributed by atoms with Crippen LogP contribution in [0, 0.1) is 5.82 Å². The maximum atomic E-state index is 13.2. The predicted molar refractivity (Wildman–Crippen MR) is 58.6 cm³/mol. The molecular formula is C9H6ClFS2. The average molecular weight is 233 g/mol. The van der Waals surface area contributed by atoms with Crippen LogP contribution in [0.4, 0.5) is 4.39 Å². The molecule has 0 fully saturated rings. The number of halogens is 2. The van der Waals surface area contributed by atoms with E-state index in [0.29, 0.717) is 10.6 Å². The van der Waals surface area contributed by atoms with Gasteiger partial charge in [-0.2, -0.15) is 0 Å². The summed E-state index contributed by atoms with van der Waals surface area (Å²) in [6.45, 7) is 0. The van der Waals surface area contributed by atoms with Crippen molar-refractivity contribution < 1.29 is 4.39 Å². The van der Waals surface area contributed by atoms with E-state index < -0.39 is 0 Å². The van der Waals surface area contributed by atoms with E-state index in [0.717, 1.165) is 15.2 Å². The Morgan fingerprint density at radius 1 is 1.46 bits per heavy atom. The largest absolute Gasteiger partial charge is 0.205 e. The molecule has 0 spiro atoms. The Morgan fingerprint density at radius 3 is 2.85 bits per heavy atom. The normalized spacial score (nSPS) is 11.0. The Morgan fingerprint density at radius 2 is 2.23 bits per heavy atom. The molecule has 1 aromatic heterocycles. The Balaban J connectivity index is 2.83. The highest BCUT2D eigenvalue weighted by Gasteiger charge is 2.10. The summed E-state index contributed by atoms with van der Waals surface area (Å²) in [5, 5.41) is 0.851. The molecule has 1 heterocycles. The van der Waals surface area contributed by atoms with E-state index in [4.69, 9.17) is 11.6 Å². The van der Waals surface area contributed by atoms with Gasteiger partial charge in [0.05, 0.1) is 10.6 Å². The van der Waals surface area contributed by atoms with Gasteiger partial charge in [-0.25, -0.2) is 4.39 Å². The highest BCUT2D eigenvalue weighted by molar-refractivity contribution is 7.80. The van der Waals surface area contributed by atoms with Crippen LogP contribution in [-0.4, -0.2) is 0 Å². The fraction of sp³-hybridized carbons (Fsp3) is 0.111. The van der Waals surface area contributed by atoms with Crippen molar-refractivity contribution in [3.05, 3.63) is 28.9 Å². The molecule has 4 heteroatoms. The van der Waals surface area contributed by atoms with Gasteiger partial charge in [-0.1, -0.05) is 12.1 Å². The van der Waals surface area contributed by atoms with Gasteiger partial charge >= 0.3 is 0 Å². The van der Waals surface area contributed by atoms with E-state index in [1.165, 1.54) is 17.4 Å². The van der Waals surface area contributed by atoms with Gasteiger partial charge in [0.1, 0.15) is 5.82 Å². The molecule has 13 heavy (non-hydrogen) atoms. The molecule has 0 aliphatic heterocycles. The third-order valence-corrected chi connectivity index (χ3v) is 4.13. The van der Waals surface area contributed by atoms with Crippen LogP contribution in [0.3, 0.4) is 0 Å². The molecule has 68 valence electrons. The van der Waals surface area contributed by atoms with Crippen molar-refractivity contribution in [2.24, 2.45) is 0 Å². The molecule has 0 aliphatic rings. The predicted octanol–water partition coefficient (Wildman–Crippen LogP) is 4.07. The number of rotatable bonds is 1. The van der Waals surface area contributed by atoms with Gasteiger partial charge in [0.2, 0.25) is 0 Å². The number of hydrogen-bond donors (Lipinski definition) is 1. The highest BCUT2D eigenvalue weighted by Crippen LogP contribution is 2.36. The topological polar surface area (TPSA) is 0 Å². The zero-order valence-corrected chi connectivity index (χ0v) is 9.02. The van der Waals surface area contributed by atoms with E-state index >= 15 is 0 Å². The molecule has 0 saturated carbocycles. The van der Waals surface area contributed by atoms with Crippen molar-refractivity contribution in [3.8, 4) is 0 Å². The second-order valence-corrected chi connectivity index (χ2v) is 4.44. The molecule has 0 saturated heterocycles. The number of thiophene rings is 1. The molecule has 0 aliphatic carbocycles. The van der Waals surface area contributed by atoms with E-state index in [1.807, 2.05) is 6.07 Å². The molecule has 2 aromatic rings. The summed E-state index contributed by atoms with van der Waals surface area (Å²) in [5.41, 5.74) is 0. The van der Waals surface area contributed by atoms with Crippen LogP contribution in [-0.2, 0) is 5.88 Å².